The highest BCUT2D eigenvalue weighted by Gasteiger charge is 2.17. The van der Waals surface area contributed by atoms with Crippen molar-refractivity contribution in [2.75, 3.05) is 19.0 Å². The zero-order chi connectivity index (χ0) is 26.2. The normalized spacial score (nSPS) is 11.7. The van der Waals surface area contributed by atoms with Crippen molar-refractivity contribution in [3.63, 3.8) is 0 Å². The van der Waals surface area contributed by atoms with E-state index < -0.39 is 0 Å². The Balaban J connectivity index is 1.41. The van der Waals surface area contributed by atoms with E-state index in [1.807, 2.05) is 54.6 Å². The first-order chi connectivity index (χ1) is 17.9. The molecule has 0 saturated heterocycles. The molecule has 8 nitrogen and oxygen atoms in total. The summed E-state index contributed by atoms with van der Waals surface area (Å²) in [7, 11) is 1.32. The third-order valence-electron chi connectivity index (χ3n) is 5.95. The number of carbonyl (C=O) groups is 2. The average molecular weight is 499 g/mol. The molecular formula is C29H30N4O4. The Labute approximate surface area is 216 Å². The van der Waals surface area contributed by atoms with E-state index in [2.05, 4.69) is 51.5 Å². The van der Waals surface area contributed by atoms with E-state index in [-0.39, 0.29) is 30.9 Å². The van der Waals surface area contributed by atoms with Crippen LogP contribution in [-0.2, 0) is 9.53 Å². The van der Waals surface area contributed by atoms with Gasteiger partial charge in [-0.1, -0.05) is 61.5 Å². The molecule has 0 aliphatic heterocycles. The second-order valence-electron chi connectivity index (χ2n) is 8.94. The van der Waals surface area contributed by atoms with E-state index in [9.17, 15) is 9.59 Å². The predicted octanol–water partition coefficient (Wildman–Crippen LogP) is 5.51. The first-order valence-electron chi connectivity index (χ1n) is 12.2. The Morgan fingerprint density at radius 3 is 2.27 bits per heavy atom. The van der Waals surface area contributed by atoms with E-state index in [0.717, 1.165) is 22.4 Å². The molecule has 4 aromatic rings. The van der Waals surface area contributed by atoms with Crippen LogP contribution < -0.4 is 10.6 Å². The van der Waals surface area contributed by atoms with E-state index in [1.165, 1.54) is 7.11 Å². The molecular weight excluding hydrogens is 468 g/mol. The van der Waals surface area contributed by atoms with Gasteiger partial charge in [-0.2, -0.15) is 4.98 Å². The highest BCUT2D eigenvalue weighted by molar-refractivity contribution is 5.94. The fourth-order valence-corrected chi connectivity index (χ4v) is 3.89. The number of anilines is 1. The van der Waals surface area contributed by atoms with Gasteiger partial charge >= 0.3 is 5.97 Å². The highest BCUT2D eigenvalue weighted by atomic mass is 16.5. The van der Waals surface area contributed by atoms with Gasteiger partial charge in [0.05, 0.1) is 19.6 Å². The van der Waals surface area contributed by atoms with Crippen molar-refractivity contribution in [1.29, 1.82) is 0 Å². The van der Waals surface area contributed by atoms with E-state index >= 15 is 0 Å². The minimum absolute atomic E-state index is 0.0546. The van der Waals surface area contributed by atoms with Crippen LogP contribution in [-0.4, -0.2) is 35.7 Å². The number of aromatic nitrogens is 2. The van der Waals surface area contributed by atoms with Crippen molar-refractivity contribution in [3.05, 3.63) is 90.0 Å². The predicted molar refractivity (Wildman–Crippen MR) is 142 cm³/mol. The number of rotatable bonds is 10. The molecule has 8 heteroatoms. The minimum Gasteiger partial charge on any atom is -0.469 e. The Bertz CT molecular complexity index is 1320. The molecule has 0 saturated carbocycles. The van der Waals surface area contributed by atoms with Crippen LogP contribution in [0.3, 0.4) is 0 Å². The van der Waals surface area contributed by atoms with Crippen LogP contribution in [0.15, 0.2) is 83.4 Å². The molecule has 1 atom stereocenters. The van der Waals surface area contributed by atoms with Crippen LogP contribution in [0.1, 0.15) is 42.2 Å². The van der Waals surface area contributed by atoms with Crippen LogP contribution in [0.25, 0.3) is 22.8 Å². The van der Waals surface area contributed by atoms with Crippen molar-refractivity contribution in [3.8, 4) is 22.8 Å². The van der Waals surface area contributed by atoms with Crippen LogP contribution in [0, 0.1) is 5.92 Å². The standard InChI is InChI=1S/C29H30N4O4/c1-19(2)26(31-24-15-13-22(14-16-24)28(35)30-18-17-25(34)36-3)20-9-11-21(12-10-20)27-32-29(37-33-27)23-7-5-4-6-8-23/h4-16,19,26,31H,17-18H2,1-3H3,(H,30,35)/t26-/m0/s1. The van der Waals surface area contributed by atoms with Gasteiger partial charge in [0.15, 0.2) is 0 Å². The number of esters is 1. The molecule has 0 fully saturated rings. The molecule has 3 aromatic carbocycles. The minimum atomic E-state index is -0.359. The summed E-state index contributed by atoms with van der Waals surface area (Å²) >= 11 is 0. The smallest absolute Gasteiger partial charge is 0.307 e. The second kappa shape index (κ2) is 12.0. The summed E-state index contributed by atoms with van der Waals surface area (Å²) in [6.07, 6.45) is 0.137. The summed E-state index contributed by atoms with van der Waals surface area (Å²) in [5, 5.41) is 10.4. The molecule has 1 amide bonds. The molecule has 4 rings (SSSR count). The number of amides is 1. The van der Waals surface area contributed by atoms with Gasteiger partial charge in [0.25, 0.3) is 11.8 Å². The topological polar surface area (TPSA) is 106 Å². The van der Waals surface area contributed by atoms with Gasteiger partial charge in [0.2, 0.25) is 5.82 Å². The van der Waals surface area contributed by atoms with Crippen LogP contribution >= 0.6 is 0 Å². The van der Waals surface area contributed by atoms with Crippen LogP contribution in [0.4, 0.5) is 5.69 Å². The first-order valence-corrected chi connectivity index (χ1v) is 12.2. The van der Waals surface area contributed by atoms with Gasteiger partial charge in [-0.25, -0.2) is 0 Å². The molecule has 1 aromatic heterocycles. The molecule has 37 heavy (non-hydrogen) atoms. The number of nitrogens with one attached hydrogen (secondary N) is 2. The number of carbonyl (C=O) groups excluding carboxylic acids is 2. The van der Waals surface area contributed by atoms with Crippen molar-refractivity contribution >= 4 is 17.6 Å². The summed E-state index contributed by atoms with van der Waals surface area (Å²) < 4.78 is 10.0. The first kappa shape index (κ1) is 25.6. The van der Waals surface area contributed by atoms with E-state index in [4.69, 9.17) is 4.52 Å². The number of methoxy groups -OCH3 is 1. The lowest BCUT2D eigenvalue weighted by atomic mass is 9.94. The molecule has 0 unspecified atom stereocenters. The molecule has 0 aliphatic rings. The quantitative estimate of drug-likeness (QED) is 0.278. The number of nitrogens with zero attached hydrogens (tertiary/aromatic N) is 2. The van der Waals surface area contributed by atoms with Crippen molar-refractivity contribution < 1.29 is 18.8 Å². The summed E-state index contributed by atoms with van der Waals surface area (Å²) in [5.41, 5.74) is 4.30. The molecule has 0 radical (unpaired) electrons. The Morgan fingerprint density at radius 1 is 0.919 bits per heavy atom. The van der Waals surface area contributed by atoms with Gasteiger partial charge in [0, 0.05) is 28.9 Å². The third kappa shape index (κ3) is 6.61. The van der Waals surface area contributed by atoms with Crippen molar-refractivity contribution in [2.45, 2.75) is 26.3 Å². The lowest BCUT2D eigenvalue weighted by molar-refractivity contribution is -0.140. The molecule has 0 aliphatic carbocycles. The SMILES string of the molecule is COC(=O)CCNC(=O)c1ccc(N[C@H](c2ccc(-c3noc(-c4ccccc4)n3)cc2)C(C)C)cc1. The molecule has 0 spiro atoms. The monoisotopic (exact) mass is 498 g/mol. The van der Waals surface area contributed by atoms with Crippen LogP contribution in [0.2, 0.25) is 0 Å². The maximum absolute atomic E-state index is 12.3. The van der Waals surface area contributed by atoms with E-state index in [0.29, 0.717) is 23.2 Å². The summed E-state index contributed by atoms with van der Waals surface area (Å²) in [4.78, 5) is 28.0. The molecule has 1 heterocycles. The number of hydrogen-bond acceptors (Lipinski definition) is 7. The Kier molecular flexibility index (Phi) is 8.30. The maximum atomic E-state index is 12.3. The highest BCUT2D eigenvalue weighted by Crippen LogP contribution is 2.29. The fourth-order valence-electron chi connectivity index (χ4n) is 3.89. The Morgan fingerprint density at radius 2 is 1.62 bits per heavy atom. The summed E-state index contributed by atoms with van der Waals surface area (Å²) in [6.45, 7) is 4.54. The van der Waals surface area contributed by atoms with Gasteiger partial charge in [0.1, 0.15) is 0 Å². The van der Waals surface area contributed by atoms with Crippen molar-refractivity contribution in [1.82, 2.24) is 15.5 Å². The molecule has 0 bridgehead atoms. The maximum Gasteiger partial charge on any atom is 0.307 e. The average Bonchev–Trinajstić information content (AvgIpc) is 3.43. The fraction of sp³-hybridized carbons (Fsp3) is 0.241. The summed E-state index contributed by atoms with van der Waals surface area (Å²) in [5.74, 6) is 0.745. The lowest BCUT2D eigenvalue weighted by Crippen LogP contribution is -2.26. The zero-order valence-electron chi connectivity index (χ0n) is 21.1. The largest absolute Gasteiger partial charge is 0.469 e. The molecule has 2 N–H and O–H groups in total. The number of hydrogen-bond donors (Lipinski definition) is 2. The number of ether oxygens (including phenoxy) is 1. The molecule has 190 valence electrons. The van der Waals surface area contributed by atoms with Crippen LogP contribution in [0.5, 0.6) is 0 Å². The third-order valence-corrected chi connectivity index (χ3v) is 5.95. The van der Waals surface area contributed by atoms with E-state index in [1.54, 1.807) is 12.1 Å². The van der Waals surface area contributed by atoms with Gasteiger partial charge in [-0.05, 0) is 47.9 Å². The van der Waals surface area contributed by atoms with Gasteiger partial charge in [-0.3, -0.25) is 9.59 Å². The Hall–Kier alpha value is -4.46. The summed E-state index contributed by atoms with van der Waals surface area (Å²) in [6, 6.07) is 25.1. The lowest BCUT2D eigenvalue weighted by Gasteiger charge is -2.24. The zero-order valence-corrected chi connectivity index (χ0v) is 21.1. The number of benzene rings is 3. The van der Waals surface area contributed by atoms with Gasteiger partial charge < -0.3 is 19.9 Å². The van der Waals surface area contributed by atoms with Gasteiger partial charge in [-0.15, -0.1) is 0 Å². The van der Waals surface area contributed by atoms with Crippen molar-refractivity contribution in [2.24, 2.45) is 5.92 Å². The second-order valence-corrected chi connectivity index (χ2v) is 8.94.